The third-order valence-electron chi connectivity index (χ3n) is 11.9. The molecule has 46 heavy (non-hydrogen) atoms. The van der Waals surface area contributed by atoms with Crippen molar-refractivity contribution in [1.29, 1.82) is 0 Å². The first-order valence-corrected chi connectivity index (χ1v) is 17.4. The van der Waals surface area contributed by atoms with Crippen LogP contribution in [0.5, 0.6) is 0 Å². The van der Waals surface area contributed by atoms with Crippen molar-refractivity contribution in [2.24, 2.45) is 40.4 Å². The van der Waals surface area contributed by atoms with E-state index in [0.29, 0.717) is 30.0 Å². The zero-order chi connectivity index (χ0) is 33.8. The second-order valence-electron chi connectivity index (χ2n) is 15.2. The Bertz CT molecular complexity index is 1170. The second-order valence-corrected chi connectivity index (χ2v) is 15.2. The summed E-state index contributed by atoms with van der Waals surface area (Å²) in [7, 11) is 3.40. The number of ether oxygens (including phenoxy) is 4. The Kier molecular flexibility index (Phi) is 12.4. The molecule has 10 unspecified atom stereocenters. The van der Waals surface area contributed by atoms with Crippen LogP contribution in [0.1, 0.15) is 92.9 Å². The molecule has 0 bridgehead atoms. The van der Waals surface area contributed by atoms with Gasteiger partial charge in [0.2, 0.25) is 0 Å². The fourth-order valence-corrected chi connectivity index (χ4v) is 9.63. The van der Waals surface area contributed by atoms with Crippen LogP contribution in [0, 0.1) is 40.4 Å². The predicted molar refractivity (Wildman–Crippen MR) is 178 cm³/mol. The van der Waals surface area contributed by atoms with Crippen molar-refractivity contribution in [2.75, 3.05) is 27.4 Å². The van der Waals surface area contributed by atoms with Gasteiger partial charge in [-0.2, -0.15) is 0 Å². The smallest absolute Gasteiger partial charge is 0.160 e. The Hall–Kier alpha value is -1.97. The number of methoxy groups -OCH3 is 2. The lowest BCUT2D eigenvalue weighted by atomic mass is 9.43. The first-order valence-electron chi connectivity index (χ1n) is 17.4. The number of hydrogen-bond acceptors (Lipinski definition) is 8. The predicted octanol–water partition coefficient (Wildman–Crippen LogP) is 6.26. The molecule has 0 aromatic heterocycles. The number of aliphatic hydroxyl groups is 3. The monoisotopic (exact) mass is 644 g/mol. The summed E-state index contributed by atoms with van der Waals surface area (Å²) in [5, 5.41) is 28.9. The molecule has 0 amide bonds. The van der Waals surface area contributed by atoms with Crippen molar-refractivity contribution in [1.82, 2.24) is 0 Å². The fourth-order valence-electron chi connectivity index (χ4n) is 9.63. The molecule has 3 N–H and O–H groups in total. The SMILES string of the molecule is COC1=CC=C(OC)CC(C2CCC3C4CC=C(CC(C)OC(CC(O)CO)OC(C)CO)C(C)(C)C4CCC3(C)C2C(C)=O)=C1. The number of ketones is 1. The lowest BCUT2D eigenvalue weighted by Crippen LogP contribution is -2.56. The van der Waals surface area contributed by atoms with Gasteiger partial charge in [-0.1, -0.05) is 38.0 Å². The summed E-state index contributed by atoms with van der Waals surface area (Å²) >= 11 is 0. The fraction of sp³-hybridized carbons (Fsp3) is 0.763. The molecule has 8 heteroatoms. The van der Waals surface area contributed by atoms with Crippen molar-refractivity contribution < 1.29 is 39.1 Å². The third-order valence-corrected chi connectivity index (χ3v) is 11.9. The zero-order valence-corrected chi connectivity index (χ0v) is 29.5. The number of hydrogen-bond donors (Lipinski definition) is 3. The highest BCUT2D eigenvalue weighted by atomic mass is 16.7. The molecule has 4 aliphatic rings. The zero-order valence-electron chi connectivity index (χ0n) is 29.5. The second kappa shape index (κ2) is 15.5. The summed E-state index contributed by atoms with van der Waals surface area (Å²) in [6.45, 7) is 12.2. The molecule has 0 heterocycles. The summed E-state index contributed by atoms with van der Waals surface area (Å²) in [4.78, 5) is 13.6. The van der Waals surface area contributed by atoms with Crippen LogP contribution in [0.15, 0.2) is 47.0 Å². The van der Waals surface area contributed by atoms with E-state index in [1.165, 1.54) is 11.1 Å². The van der Waals surface area contributed by atoms with E-state index in [4.69, 9.17) is 18.9 Å². The first kappa shape index (κ1) is 36.9. The van der Waals surface area contributed by atoms with Gasteiger partial charge in [0.15, 0.2) is 6.29 Å². The minimum Gasteiger partial charge on any atom is -0.501 e. The maximum Gasteiger partial charge on any atom is 0.160 e. The van der Waals surface area contributed by atoms with Gasteiger partial charge in [0.1, 0.15) is 11.5 Å². The average Bonchev–Trinajstić information content (AvgIpc) is 3.23. The molecule has 260 valence electrons. The van der Waals surface area contributed by atoms with E-state index in [0.717, 1.165) is 50.0 Å². The van der Waals surface area contributed by atoms with Crippen molar-refractivity contribution in [3.05, 3.63) is 47.0 Å². The molecule has 0 aromatic carbocycles. The maximum atomic E-state index is 13.6. The Balaban J connectivity index is 1.53. The number of carbonyl (C=O) groups excluding carboxylic acids is 1. The van der Waals surface area contributed by atoms with Crippen molar-refractivity contribution >= 4 is 5.78 Å². The van der Waals surface area contributed by atoms with Crippen molar-refractivity contribution in [2.45, 2.75) is 118 Å². The normalized spacial score (nSPS) is 33.4. The van der Waals surface area contributed by atoms with Crippen LogP contribution in [-0.4, -0.2) is 73.1 Å². The van der Waals surface area contributed by atoms with Gasteiger partial charge in [-0.15, -0.1) is 0 Å². The highest BCUT2D eigenvalue weighted by Crippen LogP contribution is 2.65. The molecule has 4 aliphatic carbocycles. The summed E-state index contributed by atoms with van der Waals surface area (Å²) in [6.07, 6.45) is 13.0. The standard InChI is InChI=1S/C38H60O8/c1-23(45-35(20-28(42)22-40)46-24(2)21-39)17-27-9-12-32-33(37(27,4)5)15-16-38(6)34(32)14-13-31(36(38)25(3)41)26-18-29(43-7)10-11-30(19-26)44-8/h9-11,18,23-24,28,31-36,39-40,42H,12-17,19-22H2,1-8H3. The molecule has 2 saturated carbocycles. The molecule has 0 aromatic rings. The molecular weight excluding hydrogens is 584 g/mol. The Labute approximate surface area is 276 Å². The van der Waals surface area contributed by atoms with Crippen molar-refractivity contribution in [3.63, 3.8) is 0 Å². The minimum atomic E-state index is -0.949. The van der Waals surface area contributed by atoms with Crippen LogP contribution in [0.25, 0.3) is 0 Å². The van der Waals surface area contributed by atoms with Crippen LogP contribution in [0.4, 0.5) is 0 Å². The van der Waals surface area contributed by atoms with Gasteiger partial charge in [0, 0.05) is 18.8 Å². The summed E-state index contributed by atoms with van der Waals surface area (Å²) < 4.78 is 23.4. The quantitative estimate of drug-likeness (QED) is 0.150. The molecular formula is C38H60O8. The number of rotatable bonds is 14. The molecule has 8 nitrogen and oxygen atoms in total. The van der Waals surface area contributed by atoms with E-state index in [1.807, 2.05) is 19.1 Å². The molecule has 0 radical (unpaired) electrons. The Morgan fingerprint density at radius 3 is 2.33 bits per heavy atom. The van der Waals surface area contributed by atoms with Crippen LogP contribution in [0.2, 0.25) is 0 Å². The van der Waals surface area contributed by atoms with Crippen LogP contribution in [-0.2, 0) is 23.7 Å². The molecule has 2 fully saturated rings. The van der Waals surface area contributed by atoms with Crippen molar-refractivity contribution in [3.8, 4) is 0 Å². The van der Waals surface area contributed by atoms with Crippen LogP contribution in [0.3, 0.4) is 0 Å². The summed E-state index contributed by atoms with van der Waals surface area (Å²) in [5.41, 5.74) is 2.53. The van der Waals surface area contributed by atoms with E-state index < -0.39 is 18.5 Å². The van der Waals surface area contributed by atoms with Gasteiger partial charge < -0.3 is 34.3 Å². The van der Waals surface area contributed by atoms with E-state index >= 15 is 0 Å². The maximum absolute atomic E-state index is 13.6. The number of allylic oxidation sites excluding steroid dienone is 5. The van der Waals surface area contributed by atoms with Crippen LogP contribution >= 0.6 is 0 Å². The van der Waals surface area contributed by atoms with Gasteiger partial charge in [0.05, 0.1) is 51.5 Å². The van der Waals surface area contributed by atoms with Gasteiger partial charge >= 0.3 is 0 Å². The number of carbonyl (C=O) groups is 1. The van der Waals surface area contributed by atoms with E-state index in [-0.39, 0.29) is 48.4 Å². The molecule has 0 spiro atoms. The van der Waals surface area contributed by atoms with Gasteiger partial charge in [-0.25, -0.2) is 0 Å². The summed E-state index contributed by atoms with van der Waals surface area (Å²) in [6, 6.07) is 0. The first-order chi connectivity index (χ1) is 21.8. The van der Waals surface area contributed by atoms with Gasteiger partial charge in [-0.05, 0) is 112 Å². The van der Waals surface area contributed by atoms with E-state index in [9.17, 15) is 20.1 Å². The summed E-state index contributed by atoms with van der Waals surface area (Å²) in [5.74, 6) is 3.63. The molecule has 0 saturated heterocycles. The number of aliphatic hydroxyl groups excluding tert-OH is 3. The third kappa shape index (κ3) is 7.84. The van der Waals surface area contributed by atoms with Gasteiger partial charge in [0.25, 0.3) is 0 Å². The highest BCUT2D eigenvalue weighted by Gasteiger charge is 2.59. The van der Waals surface area contributed by atoms with Gasteiger partial charge in [-0.3, -0.25) is 4.79 Å². The lowest BCUT2D eigenvalue weighted by molar-refractivity contribution is -0.207. The van der Waals surface area contributed by atoms with E-state index in [1.54, 1.807) is 28.1 Å². The van der Waals surface area contributed by atoms with E-state index in [2.05, 4.69) is 32.9 Å². The minimum absolute atomic E-state index is 0.0239. The largest absolute Gasteiger partial charge is 0.501 e. The average molecular weight is 645 g/mol. The van der Waals surface area contributed by atoms with Crippen LogP contribution < -0.4 is 0 Å². The Morgan fingerprint density at radius 1 is 0.978 bits per heavy atom. The lowest BCUT2D eigenvalue weighted by Gasteiger charge is -2.61. The Morgan fingerprint density at radius 2 is 1.70 bits per heavy atom. The molecule has 4 rings (SSSR count). The molecule has 0 aliphatic heterocycles. The number of Topliss-reactive ketones (excluding diaryl/α,β-unsaturated/α-hetero) is 1. The topological polar surface area (TPSA) is 115 Å². The number of fused-ring (bicyclic) bond motifs is 3. The molecule has 10 atom stereocenters. The highest BCUT2D eigenvalue weighted by molar-refractivity contribution is 5.80.